The van der Waals surface area contributed by atoms with Crippen LogP contribution in [0.3, 0.4) is 0 Å². The summed E-state index contributed by atoms with van der Waals surface area (Å²) in [6.07, 6.45) is 3.04. The lowest BCUT2D eigenvalue weighted by molar-refractivity contribution is 0.630. The summed E-state index contributed by atoms with van der Waals surface area (Å²) in [5.41, 5.74) is 2.73. The van der Waals surface area contributed by atoms with Gasteiger partial charge in [-0.2, -0.15) is 10.2 Å². The van der Waals surface area contributed by atoms with Gasteiger partial charge in [-0.25, -0.2) is 27.8 Å². The van der Waals surface area contributed by atoms with Crippen LogP contribution in [0.15, 0.2) is 79.1 Å². The van der Waals surface area contributed by atoms with Crippen LogP contribution in [0.1, 0.15) is 0 Å². The Labute approximate surface area is 212 Å². The summed E-state index contributed by atoms with van der Waals surface area (Å²) in [7, 11) is 0. The van der Waals surface area contributed by atoms with Crippen molar-refractivity contribution in [1.82, 2.24) is 29.2 Å². The molecule has 6 aromatic rings. The number of benzene rings is 2. The van der Waals surface area contributed by atoms with Crippen molar-refractivity contribution >= 4 is 46.1 Å². The van der Waals surface area contributed by atoms with Gasteiger partial charge >= 0.3 is 0 Å². The van der Waals surface area contributed by atoms with Crippen molar-refractivity contribution in [2.24, 2.45) is 0 Å². The molecular formula is C24H13Cl3F2N6. The van der Waals surface area contributed by atoms with Gasteiger partial charge in [0.15, 0.2) is 11.3 Å². The van der Waals surface area contributed by atoms with E-state index in [0.29, 0.717) is 49.1 Å². The third-order valence-electron chi connectivity index (χ3n) is 5.00. The van der Waals surface area contributed by atoms with Gasteiger partial charge in [-0.3, -0.25) is 0 Å². The van der Waals surface area contributed by atoms with Crippen LogP contribution >= 0.6 is 34.8 Å². The first-order valence-electron chi connectivity index (χ1n) is 10.1. The second-order valence-electron chi connectivity index (χ2n) is 7.22. The van der Waals surface area contributed by atoms with Crippen LogP contribution in [-0.4, -0.2) is 29.2 Å². The SMILES string of the molecule is Fc1ccccc1-c1cc(Cl)n2ncc(Cl)c2n1.Fc1ccccc1-c1cc(Cl)n2nccc2n1. The van der Waals surface area contributed by atoms with Gasteiger partial charge in [-0.15, -0.1) is 0 Å². The zero-order valence-corrected chi connectivity index (χ0v) is 19.8. The maximum atomic E-state index is 13.7. The molecule has 0 bridgehead atoms. The maximum Gasteiger partial charge on any atom is 0.176 e. The van der Waals surface area contributed by atoms with Gasteiger partial charge < -0.3 is 0 Å². The standard InChI is InChI=1S/C12H6Cl2FN3.C12H7ClFN3/c13-8-6-16-18-11(14)5-10(17-12(8)18)7-3-1-2-4-9(7)15;13-11-7-10(8-3-1-2-4-9(8)14)16-12-5-6-15-17(11)12/h1-6H;1-7H. The van der Waals surface area contributed by atoms with Gasteiger partial charge in [-0.1, -0.05) is 59.1 Å². The highest BCUT2D eigenvalue weighted by atomic mass is 35.5. The van der Waals surface area contributed by atoms with Crippen molar-refractivity contribution in [2.75, 3.05) is 0 Å². The van der Waals surface area contributed by atoms with Gasteiger partial charge in [0.25, 0.3) is 0 Å². The lowest BCUT2D eigenvalue weighted by atomic mass is 10.1. The molecule has 35 heavy (non-hydrogen) atoms. The molecule has 0 atom stereocenters. The highest BCUT2D eigenvalue weighted by Crippen LogP contribution is 2.27. The van der Waals surface area contributed by atoms with E-state index < -0.39 is 0 Å². The largest absolute Gasteiger partial charge is 0.228 e. The highest BCUT2D eigenvalue weighted by Gasteiger charge is 2.13. The lowest BCUT2D eigenvalue weighted by Crippen LogP contribution is -1.95. The molecule has 174 valence electrons. The van der Waals surface area contributed by atoms with E-state index in [1.54, 1.807) is 60.8 Å². The van der Waals surface area contributed by atoms with Crippen molar-refractivity contribution in [1.29, 1.82) is 0 Å². The number of nitrogens with zero attached hydrogens (tertiary/aromatic N) is 6. The maximum absolute atomic E-state index is 13.7. The molecule has 0 aliphatic heterocycles. The zero-order valence-electron chi connectivity index (χ0n) is 17.6. The first kappa shape index (κ1) is 23.2. The summed E-state index contributed by atoms with van der Waals surface area (Å²) >= 11 is 18.0. The monoisotopic (exact) mass is 528 g/mol. The van der Waals surface area contributed by atoms with Crippen LogP contribution in [0.25, 0.3) is 33.8 Å². The summed E-state index contributed by atoms with van der Waals surface area (Å²) in [6.45, 7) is 0. The molecular weight excluding hydrogens is 517 g/mol. The second-order valence-corrected chi connectivity index (χ2v) is 8.40. The van der Waals surface area contributed by atoms with E-state index in [0.717, 1.165) is 0 Å². The minimum absolute atomic E-state index is 0.320. The quantitative estimate of drug-likeness (QED) is 0.226. The molecule has 0 fully saturated rings. The fraction of sp³-hybridized carbons (Fsp3) is 0. The Morgan fingerprint density at radius 3 is 1.86 bits per heavy atom. The molecule has 0 saturated carbocycles. The van der Waals surface area contributed by atoms with Gasteiger partial charge in [-0.05, 0) is 24.3 Å². The van der Waals surface area contributed by atoms with E-state index in [-0.39, 0.29) is 11.6 Å². The Hall–Kier alpha value is -3.59. The third kappa shape index (κ3) is 4.55. The molecule has 0 spiro atoms. The van der Waals surface area contributed by atoms with Gasteiger partial charge in [0.2, 0.25) is 0 Å². The molecule has 0 N–H and O–H groups in total. The Morgan fingerprint density at radius 1 is 0.657 bits per heavy atom. The van der Waals surface area contributed by atoms with E-state index in [1.165, 1.54) is 27.4 Å². The Kier molecular flexibility index (Phi) is 6.34. The highest BCUT2D eigenvalue weighted by molar-refractivity contribution is 6.34. The van der Waals surface area contributed by atoms with Crippen LogP contribution in [0, 0.1) is 11.6 Å². The van der Waals surface area contributed by atoms with Crippen LogP contribution in [0.4, 0.5) is 8.78 Å². The van der Waals surface area contributed by atoms with E-state index in [4.69, 9.17) is 34.8 Å². The molecule has 11 heteroatoms. The van der Waals surface area contributed by atoms with E-state index in [1.807, 2.05) is 0 Å². The predicted octanol–water partition coefficient (Wildman–Crippen LogP) is 7.03. The minimum atomic E-state index is -0.360. The molecule has 0 aliphatic rings. The first-order valence-corrected chi connectivity index (χ1v) is 11.3. The molecule has 0 aliphatic carbocycles. The molecule has 0 saturated heterocycles. The normalized spacial score (nSPS) is 11.0. The van der Waals surface area contributed by atoms with Crippen molar-refractivity contribution in [3.05, 3.63) is 106 Å². The smallest absolute Gasteiger partial charge is 0.176 e. The fourth-order valence-corrected chi connectivity index (χ4v) is 4.02. The molecule has 0 amide bonds. The summed E-state index contributed by atoms with van der Waals surface area (Å²) in [4.78, 5) is 8.57. The van der Waals surface area contributed by atoms with E-state index in [9.17, 15) is 8.78 Å². The number of hydrogen-bond acceptors (Lipinski definition) is 4. The van der Waals surface area contributed by atoms with Crippen LogP contribution in [0.2, 0.25) is 15.3 Å². The molecule has 0 unspecified atom stereocenters. The topological polar surface area (TPSA) is 60.4 Å². The Balaban J connectivity index is 0.000000145. The molecule has 0 radical (unpaired) electrons. The molecule has 6 rings (SSSR count). The van der Waals surface area contributed by atoms with Crippen LogP contribution in [-0.2, 0) is 0 Å². The summed E-state index contributed by atoms with van der Waals surface area (Å²) in [5, 5.41) is 9.07. The van der Waals surface area contributed by atoms with Crippen LogP contribution < -0.4 is 0 Å². The fourth-order valence-electron chi connectivity index (χ4n) is 3.39. The average molecular weight is 530 g/mol. The van der Waals surface area contributed by atoms with Crippen molar-refractivity contribution in [3.63, 3.8) is 0 Å². The van der Waals surface area contributed by atoms with Gasteiger partial charge in [0, 0.05) is 29.3 Å². The first-order chi connectivity index (χ1) is 16.9. The predicted molar refractivity (Wildman–Crippen MR) is 132 cm³/mol. The second kappa shape index (κ2) is 9.58. The summed E-state index contributed by atoms with van der Waals surface area (Å²) < 4.78 is 30.2. The Bertz CT molecular complexity index is 1680. The van der Waals surface area contributed by atoms with Gasteiger partial charge in [0.05, 0.1) is 23.8 Å². The van der Waals surface area contributed by atoms with Gasteiger partial charge in [0.1, 0.15) is 27.0 Å². The minimum Gasteiger partial charge on any atom is -0.228 e. The summed E-state index contributed by atoms with van der Waals surface area (Å²) in [6, 6.07) is 17.7. The van der Waals surface area contributed by atoms with Crippen molar-refractivity contribution in [2.45, 2.75) is 0 Å². The van der Waals surface area contributed by atoms with E-state index >= 15 is 0 Å². The molecule has 6 nitrogen and oxygen atoms in total. The summed E-state index contributed by atoms with van der Waals surface area (Å²) in [5.74, 6) is -0.680. The number of aromatic nitrogens is 6. The molecule has 4 heterocycles. The average Bonchev–Trinajstić information content (AvgIpc) is 3.48. The molecule has 4 aromatic heterocycles. The lowest BCUT2D eigenvalue weighted by Gasteiger charge is -2.04. The Morgan fingerprint density at radius 2 is 1.23 bits per heavy atom. The van der Waals surface area contributed by atoms with E-state index in [2.05, 4.69) is 20.2 Å². The van der Waals surface area contributed by atoms with Crippen LogP contribution in [0.5, 0.6) is 0 Å². The third-order valence-corrected chi connectivity index (χ3v) is 5.81. The number of halogens is 5. The molecule has 2 aromatic carbocycles. The number of rotatable bonds is 2. The zero-order chi connectivity index (χ0) is 24.5. The van der Waals surface area contributed by atoms with Crippen molar-refractivity contribution in [3.8, 4) is 22.5 Å². The number of hydrogen-bond donors (Lipinski definition) is 0. The number of fused-ring (bicyclic) bond motifs is 2. The van der Waals surface area contributed by atoms with Crippen molar-refractivity contribution < 1.29 is 8.78 Å².